The minimum absolute atomic E-state index is 0.128. The first kappa shape index (κ1) is 21.0. The van der Waals surface area contributed by atoms with Gasteiger partial charge in [0.2, 0.25) is 11.8 Å². The molecule has 5 heteroatoms. The second kappa shape index (κ2) is 9.21. The molecule has 0 radical (unpaired) electrons. The average Bonchev–Trinajstić information content (AvgIpc) is 3.20. The van der Waals surface area contributed by atoms with Gasteiger partial charge in [-0.1, -0.05) is 37.3 Å². The quantitative estimate of drug-likeness (QED) is 0.719. The lowest BCUT2D eigenvalue weighted by atomic mass is 9.79. The van der Waals surface area contributed by atoms with Gasteiger partial charge < -0.3 is 9.80 Å². The summed E-state index contributed by atoms with van der Waals surface area (Å²) in [6, 6.07) is 12.3. The first-order valence-electron chi connectivity index (χ1n) is 10.6. The highest BCUT2D eigenvalue weighted by molar-refractivity contribution is 5.86. The monoisotopic (exact) mass is 393 g/mol. The molecule has 29 heavy (non-hydrogen) atoms. The number of hydrogen-bond acceptors (Lipinski definition) is 3. The first-order valence-corrected chi connectivity index (χ1v) is 10.6. The van der Waals surface area contributed by atoms with E-state index < -0.39 is 5.41 Å². The highest BCUT2D eigenvalue weighted by Gasteiger charge is 2.47. The molecule has 0 bridgehead atoms. The van der Waals surface area contributed by atoms with Crippen LogP contribution in [0.3, 0.4) is 0 Å². The number of pyridine rings is 1. The summed E-state index contributed by atoms with van der Waals surface area (Å²) in [5, 5.41) is 0. The Morgan fingerprint density at radius 3 is 2.52 bits per heavy atom. The molecule has 2 aromatic rings. The van der Waals surface area contributed by atoms with E-state index in [-0.39, 0.29) is 11.8 Å². The van der Waals surface area contributed by atoms with Crippen molar-refractivity contribution < 1.29 is 9.59 Å². The minimum Gasteiger partial charge on any atom is -0.343 e. The number of amides is 2. The molecule has 154 valence electrons. The molecule has 5 nitrogen and oxygen atoms in total. The van der Waals surface area contributed by atoms with Crippen LogP contribution in [0.25, 0.3) is 11.1 Å². The number of carbonyl (C=O) groups excluding carboxylic acids is 2. The number of aromatic nitrogens is 1. The van der Waals surface area contributed by atoms with Gasteiger partial charge in [0, 0.05) is 45.0 Å². The maximum Gasteiger partial charge on any atom is 0.230 e. The SMILES string of the molecule is CCC(=O)N1CC[C@@](Cc2cccc(-c3cccnc3)c2)(C(=O)N(CC)CC)C1. The average molecular weight is 394 g/mol. The van der Waals surface area contributed by atoms with Crippen LogP contribution in [0, 0.1) is 5.41 Å². The summed E-state index contributed by atoms with van der Waals surface area (Å²) in [5.41, 5.74) is 2.73. The Morgan fingerprint density at radius 1 is 1.10 bits per heavy atom. The zero-order chi connectivity index (χ0) is 20.9. The fourth-order valence-electron chi connectivity index (χ4n) is 4.33. The Labute approximate surface area is 173 Å². The zero-order valence-electron chi connectivity index (χ0n) is 17.7. The normalized spacial score (nSPS) is 18.7. The number of hydrogen-bond donors (Lipinski definition) is 0. The summed E-state index contributed by atoms with van der Waals surface area (Å²) >= 11 is 0. The third kappa shape index (κ3) is 4.50. The van der Waals surface area contributed by atoms with Crippen LogP contribution < -0.4 is 0 Å². The van der Waals surface area contributed by atoms with Crippen molar-refractivity contribution in [3.63, 3.8) is 0 Å². The summed E-state index contributed by atoms with van der Waals surface area (Å²) in [6.45, 7) is 8.45. The van der Waals surface area contributed by atoms with E-state index in [0.29, 0.717) is 45.4 Å². The van der Waals surface area contributed by atoms with Crippen molar-refractivity contribution in [2.45, 2.75) is 40.0 Å². The van der Waals surface area contributed by atoms with Crippen LogP contribution in [0.2, 0.25) is 0 Å². The lowest BCUT2D eigenvalue weighted by Gasteiger charge is -2.34. The number of benzene rings is 1. The van der Waals surface area contributed by atoms with E-state index in [1.54, 1.807) is 6.20 Å². The van der Waals surface area contributed by atoms with Crippen LogP contribution in [0.4, 0.5) is 0 Å². The van der Waals surface area contributed by atoms with E-state index in [2.05, 4.69) is 23.2 Å². The molecule has 0 aliphatic carbocycles. The molecule has 0 unspecified atom stereocenters. The van der Waals surface area contributed by atoms with Gasteiger partial charge in [-0.25, -0.2) is 0 Å². The number of rotatable bonds is 7. The van der Waals surface area contributed by atoms with Crippen molar-refractivity contribution in [2.75, 3.05) is 26.2 Å². The van der Waals surface area contributed by atoms with Crippen molar-refractivity contribution in [1.29, 1.82) is 0 Å². The Morgan fingerprint density at radius 2 is 1.86 bits per heavy atom. The summed E-state index contributed by atoms with van der Waals surface area (Å²) in [4.78, 5) is 33.8. The van der Waals surface area contributed by atoms with E-state index in [1.807, 2.05) is 55.0 Å². The van der Waals surface area contributed by atoms with Gasteiger partial charge in [-0.3, -0.25) is 14.6 Å². The highest BCUT2D eigenvalue weighted by atomic mass is 16.2. The molecule has 1 saturated heterocycles. The van der Waals surface area contributed by atoms with Crippen molar-refractivity contribution in [2.24, 2.45) is 5.41 Å². The topological polar surface area (TPSA) is 53.5 Å². The minimum atomic E-state index is -0.551. The van der Waals surface area contributed by atoms with Crippen LogP contribution in [-0.2, 0) is 16.0 Å². The molecule has 0 spiro atoms. The molecule has 1 aromatic heterocycles. The van der Waals surface area contributed by atoms with E-state index >= 15 is 0 Å². The first-order chi connectivity index (χ1) is 14.0. The van der Waals surface area contributed by atoms with Gasteiger partial charge in [-0.05, 0) is 49.4 Å². The molecule has 0 saturated carbocycles. The van der Waals surface area contributed by atoms with Gasteiger partial charge in [0.1, 0.15) is 0 Å². The van der Waals surface area contributed by atoms with Crippen LogP contribution in [0.1, 0.15) is 39.2 Å². The molecular weight excluding hydrogens is 362 g/mol. The smallest absolute Gasteiger partial charge is 0.230 e. The van der Waals surface area contributed by atoms with Crippen molar-refractivity contribution >= 4 is 11.8 Å². The van der Waals surface area contributed by atoms with E-state index in [4.69, 9.17) is 0 Å². The number of nitrogens with zero attached hydrogens (tertiary/aromatic N) is 3. The molecule has 3 rings (SSSR count). The fourth-order valence-corrected chi connectivity index (χ4v) is 4.33. The van der Waals surface area contributed by atoms with Gasteiger partial charge in [0.05, 0.1) is 5.41 Å². The maximum atomic E-state index is 13.5. The second-order valence-electron chi connectivity index (χ2n) is 7.80. The van der Waals surface area contributed by atoms with Crippen molar-refractivity contribution in [3.05, 3.63) is 54.4 Å². The van der Waals surface area contributed by atoms with Crippen LogP contribution >= 0.6 is 0 Å². The van der Waals surface area contributed by atoms with Gasteiger partial charge >= 0.3 is 0 Å². The molecule has 2 heterocycles. The predicted octanol–water partition coefficient (Wildman–Crippen LogP) is 3.79. The Hall–Kier alpha value is -2.69. The predicted molar refractivity (Wildman–Crippen MR) is 115 cm³/mol. The zero-order valence-corrected chi connectivity index (χ0v) is 17.7. The summed E-state index contributed by atoms with van der Waals surface area (Å²) in [7, 11) is 0. The largest absolute Gasteiger partial charge is 0.343 e. The fraction of sp³-hybridized carbons (Fsp3) is 0.458. The molecule has 0 N–H and O–H groups in total. The third-order valence-corrected chi connectivity index (χ3v) is 5.98. The third-order valence-electron chi connectivity index (χ3n) is 5.98. The van der Waals surface area contributed by atoms with Crippen molar-refractivity contribution in [3.8, 4) is 11.1 Å². The van der Waals surface area contributed by atoms with Gasteiger partial charge in [-0.2, -0.15) is 0 Å². The lowest BCUT2D eigenvalue weighted by Crippen LogP contribution is -2.47. The Kier molecular flexibility index (Phi) is 6.68. The van der Waals surface area contributed by atoms with Crippen LogP contribution in [0.5, 0.6) is 0 Å². The van der Waals surface area contributed by atoms with Crippen LogP contribution in [0.15, 0.2) is 48.8 Å². The van der Waals surface area contributed by atoms with Crippen LogP contribution in [-0.4, -0.2) is 52.8 Å². The Balaban J connectivity index is 1.92. The molecule has 1 aliphatic rings. The number of likely N-dealkylation sites (tertiary alicyclic amines) is 1. The standard InChI is InChI=1S/C24H31N3O2/c1-4-22(28)27-14-12-24(18-27,23(29)26(5-2)6-3)16-19-9-7-10-20(15-19)21-11-8-13-25-17-21/h7-11,13,15,17H,4-6,12,14,16,18H2,1-3H3/t24-/m0/s1. The molecule has 1 aromatic carbocycles. The molecular formula is C24H31N3O2. The maximum absolute atomic E-state index is 13.5. The Bertz CT molecular complexity index is 848. The number of carbonyl (C=O) groups is 2. The molecule has 1 atom stereocenters. The summed E-state index contributed by atoms with van der Waals surface area (Å²) < 4.78 is 0. The molecule has 1 fully saturated rings. The highest BCUT2D eigenvalue weighted by Crippen LogP contribution is 2.37. The van der Waals surface area contributed by atoms with Gasteiger partial charge in [-0.15, -0.1) is 0 Å². The molecule has 2 amide bonds. The van der Waals surface area contributed by atoms with Gasteiger partial charge in [0.15, 0.2) is 0 Å². The van der Waals surface area contributed by atoms with E-state index in [1.165, 1.54) is 0 Å². The van der Waals surface area contributed by atoms with E-state index in [0.717, 1.165) is 16.7 Å². The lowest BCUT2D eigenvalue weighted by molar-refractivity contribution is -0.141. The van der Waals surface area contributed by atoms with Gasteiger partial charge in [0.25, 0.3) is 0 Å². The summed E-state index contributed by atoms with van der Waals surface area (Å²) in [5.74, 6) is 0.295. The van der Waals surface area contributed by atoms with Crippen molar-refractivity contribution in [1.82, 2.24) is 14.8 Å². The van der Waals surface area contributed by atoms with E-state index in [9.17, 15) is 9.59 Å². The summed E-state index contributed by atoms with van der Waals surface area (Å²) in [6.07, 6.45) is 5.46. The molecule has 1 aliphatic heterocycles. The second-order valence-corrected chi connectivity index (χ2v) is 7.80.